The lowest BCUT2D eigenvalue weighted by Gasteiger charge is -2.31. The van der Waals surface area contributed by atoms with Crippen molar-refractivity contribution in [2.75, 3.05) is 4.90 Å². The van der Waals surface area contributed by atoms with Crippen LogP contribution in [0.4, 0.5) is 11.4 Å². The summed E-state index contributed by atoms with van der Waals surface area (Å²) in [5.41, 5.74) is 15.6. The van der Waals surface area contributed by atoms with Crippen LogP contribution in [0.3, 0.4) is 0 Å². The summed E-state index contributed by atoms with van der Waals surface area (Å²) in [5.74, 6) is 0. The molecule has 1 unspecified atom stereocenters. The van der Waals surface area contributed by atoms with Crippen molar-refractivity contribution >= 4 is 66.5 Å². The number of hydrogen-bond acceptors (Lipinski definition) is 3. The molecule has 1 aliphatic carbocycles. The third-order valence-electron chi connectivity index (χ3n) is 11.9. The maximum atomic E-state index is 5.56. The van der Waals surface area contributed by atoms with Gasteiger partial charge in [-0.1, -0.05) is 152 Å². The minimum absolute atomic E-state index is 0.0468. The van der Waals surface area contributed by atoms with Crippen LogP contribution in [0.15, 0.2) is 182 Å². The van der Waals surface area contributed by atoms with Crippen LogP contribution in [0.5, 0.6) is 0 Å². The predicted octanol–water partition coefficient (Wildman–Crippen LogP) is 12.8. The summed E-state index contributed by atoms with van der Waals surface area (Å²) in [7, 11) is 0. The van der Waals surface area contributed by atoms with Crippen LogP contribution >= 0.6 is 0 Å². The Bertz CT molecular complexity index is 3220. The number of hydrogen-bond donors (Lipinski definition) is 0. The molecule has 8 aromatic carbocycles. The molecule has 10 aromatic rings. The summed E-state index contributed by atoms with van der Waals surface area (Å²) in [4.78, 5) is 13.5. The maximum Gasteiger partial charge on any atom is 0.113 e. The first kappa shape index (κ1) is 31.1. The van der Waals surface area contributed by atoms with Gasteiger partial charge in [0.25, 0.3) is 0 Å². The minimum Gasteiger partial charge on any atom is -0.331 e. The van der Waals surface area contributed by atoms with E-state index in [9.17, 15) is 0 Å². The highest BCUT2D eigenvalue weighted by molar-refractivity contribution is 6.28. The Balaban J connectivity index is 1.14. The van der Waals surface area contributed by atoms with E-state index in [-0.39, 0.29) is 6.04 Å². The standard InChI is InChI=1S/C52H34N4/c1-4-17-33(18-5-1)49-50(34-19-6-2-7-20-34)54-51-43(53-49)28-16-30-45(51)56-44-29-15-14-25-38(44)41-31-42-47(32-46(41)56)55(35-21-8-3-9-22-35)52-40-27-13-11-24-37(40)36-23-10-12-26-39(36)48(42)52/h1-31,46H,32H2. The molecule has 2 aliphatic rings. The second-order valence-electron chi connectivity index (χ2n) is 14.9. The second kappa shape index (κ2) is 12.1. The Kier molecular flexibility index (Phi) is 6.72. The lowest BCUT2D eigenvalue weighted by molar-refractivity contribution is 0.773. The molecular formula is C52H34N4. The molecule has 0 bridgehead atoms. The van der Waals surface area contributed by atoms with Gasteiger partial charge in [-0.25, -0.2) is 9.97 Å². The first-order valence-corrected chi connectivity index (χ1v) is 19.4. The van der Waals surface area contributed by atoms with Crippen molar-refractivity contribution in [3.05, 3.63) is 199 Å². The molecule has 0 spiro atoms. The Morgan fingerprint density at radius 1 is 0.482 bits per heavy atom. The van der Waals surface area contributed by atoms with Crippen molar-refractivity contribution in [1.29, 1.82) is 0 Å². The molecule has 4 nitrogen and oxygen atoms in total. The van der Waals surface area contributed by atoms with Gasteiger partial charge in [0.1, 0.15) is 5.52 Å². The predicted molar refractivity (Wildman–Crippen MR) is 233 cm³/mol. The fourth-order valence-electron chi connectivity index (χ4n) is 9.52. The van der Waals surface area contributed by atoms with Crippen LogP contribution in [0.2, 0.25) is 0 Å². The SMILES string of the molecule is C1=C2c3ccccc3N(c3cccc4nc(-c5ccccc5)c(-c5ccccc5)nc34)C2Cc2c1c1c3ccccc3c3ccccc3c1n2-c1ccccc1. The largest absolute Gasteiger partial charge is 0.331 e. The fourth-order valence-corrected chi connectivity index (χ4v) is 9.52. The molecule has 1 atom stereocenters. The molecular weight excluding hydrogens is 681 g/mol. The zero-order valence-corrected chi connectivity index (χ0v) is 30.5. The molecule has 0 saturated heterocycles. The van der Waals surface area contributed by atoms with Gasteiger partial charge >= 0.3 is 0 Å². The maximum absolute atomic E-state index is 5.56. The van der Waals surface area contributed by atoms with E-state index in [4.69, 9.17) is 9.97 Å². The van der Waals surface area contributed by atoms with E-state index >= 15 is 0 Å². The van der Waals surface area contributed by atoms with E-state index in [1.807, 2.05) is 6.07 Å². The smallest absolute Gasteiger partial charge is 0.113 e. The summed E-state index contributed by atoms with van der Waals surface area (Å²) in [6.45, 7) is 0. The lowest BCUT2D eigenvalue weighted by atomic mass is 9.88. The van der Waals surface area contributed by atoms with Crippen molar-refractivity contribution in [3.8, 4) is 28.2 Å². The minimum atomic E-state index is 0.0468. The molecule has 262 valence electrons. The van der Waals surface area contributed by atoms with Crippen molar-refractivity contribution in [2.24, 2.45) is 0 Å². The van der Waals surface area contributed by atoms with E-state index in [0.29, 0.717) is 0 Å². The summed E-state index contributed by atoms with van der Waals surface area (Å²) in [6.07, 6.45) is 3.32. The van der Waals surface area contributed by atoms with Crippen molar-refractivity contribution in [2.45, 2.75) is 12.5 Å². The van der Waals surface area contributed by atoms with Gasteiger partial charge in [0.15, 0.2) is 0 Å². The number of rotatable bonds is 4. The van der Waals surface area contributed by atoms with Gasteiger partial charge in [0, 0.05) is 56.5 Å². The highest BCUT2D eigenvalue weighted by atomic mass is 15.2. The molecule has 0 fully saturated rings. The number of anilines is 2. The molecule has 56 heavy (non-hydrogen) atoms. The van der Waals surface area contributed by atoms with Crippen LogP contribution in [0.1, 0.15) is 16.8 Å². The summed E-state index contributed by atoms with van der Waals surface area (Å²) >= 11 is 0. The van der Waals surface area contributed by atoms with Crippen molar-refractivity contribution in [1.82, 2.24) is 14.5 Å². The molecule has 3 heterocycles. The normalized spacial score (nSPS) is 14.6. The Labute approximate surface area is 324 Å². The average Bonchev–Trinajstić information content (AvgIpc) is 3.78. The average molecular weight is 715 g/mol. The van der Waals surface area contributed by atoms with Gasteiger partial charge in [0.2, 0.25) is 0 Å². The van der Waals surface area contributed by atoms with Crippen LogP contribution in [-0.4, -0.2) is 20.6 Å². The topological polar surface area (TPSA) is 34.0 Å². The number of nitrogens with zero attached hydrogens (tertiary/aromatic N) is 4. The van der Waals surface area contributed by atoms with E-state index in [0.717, 1.165) is 45.7 Å². The Morgan fingerprint density at radius 2 is 1.05 bits per heavy atom. The quantitative estimate of drug-likeness (QED) is 0.170. The summed E-state index contributed by atoms with van der Waals surface area (Å²) in [6, 6.07) is 65.1. The second-order valence-corrected chi connectivity index (χ2v) is 14.9. The first-order valence-electron chi connectivity index (χ1n) is 19.4. The first-order chi connectivity index (χ1) is 27.8. The number of aromatic nitrogens is 3. The highest BCUT2D eigenvalue weighted by Gasteiger charge is 2.40. The Hall–Kier alpha value is -7.30. The third-order valence-corrected chi connectivity index (χ3v) is 11.9. The Morgan fingerprint density at radius 3 is 1.79 bits per heavy atom. The van der Waals surface area contributed by atoms with E-state index in [1.54, 1.807) is 0 Å². The lowest BCUT2D eigenvalue weighted by Crippen LogP contribution is -2.31. The molecule has 0 amide bonds. The summed E-state index contributed by atoms with van der Waals surface area (Å²) < 4.78 is 2.55. The van der Waals surface area contributed by atoms with E-state index < -0.39 is 0 Å². The molecule has 0 N–H and O–H groups in total. The van der Waals surface area contributed by atoms with Gasteiger partial charge in [-0.2, -0.15) is 0 Å². The van der Waals surface area contributed by atoms with Crippen LogP contribution in [-0.2, 0) is 6.42 Å². The molecule has 2 aromatic heterocycles. The van der Waals surface area contributed by atoms with Gasteiger partial charge in [-0.3, -0.25) is 0 Å². The van der Waals surface area contributed by atoms with Crippen molar-refractivity contribution in [3.63, 3.8) is 0 Å². The van der Waals surface area contributed by atoms with Crippen molar-refractivity contribution < 1.29 is 0 Å². The van der Waals surface area contributed by atoms with Crippen LogP contribution in [0, 0.1) is 0 Å². The highest BCUT2D eigenvalue weighted by Crippen LogP contribution is 2.53. The monoisotopic (exact) mass is 714 g/mol. The third kappa shape index (κ3) is 4.47. The fraction of sp³-hybridized carbons (Fsp3) is 0.0385. The zero-order valence-electron chi connectivity index (χ0n) is 30.5. The van der Waals surface area contributed by atoms with Gasteiger partial charge in [0.05, 0.1) is 34.2 Å². The molecule has 0 radical (unpaired) electrons. The number of benzene rings is 8. The van der Waals surface area contributed by atoms with E-state index in [2.05, 4.69) is 191 Å². The van der Waals surface area contributed by atoms with Gasteiger partial charge in [-0.05, 0) is 58.1 Å². The van der Waals surface area contributed by atoms with Crippen LogP contribution in [0.25, 0.3) is 83.3 Å². The number of fused-ring (bicyclic) bond motifs is 12. The molecule has 12 rings (SSSR count). The van der Waals surface area contributed by atoms with E-state index in [1.165, 1.54) is 66.2 Å². The zero-order chi connectivity index (χ0) is 36.7. The van der Waals surface area contributed by atoms with Gasteiger partial charge in [-0.15, -0.1) is 0 Å². The number of para-hydroxylation sites is 3. The van der Waals surface area contributed by atoms with Gasteiger partial charge < -0.3 is 9.47 Å². The molecule has 0 saturated carbocycles. The summed E-state index contributed by atoms with van der Waals surface area (Å²) in [5, 5.41) is 6.44. The molecule has 1 aliphatic heterocycles. The van der Waals surface area contributed by atoms with Crippen LogP contribution < -0.4 is 4.90 Å². The molecule has 4 heteroatoms.